The van der Waals surface area contributed by atoms with Crippen molar-refractivity contribution in [2.45, 2.75) is 58.5 Å². The van der Waals surface area contributed by atoms with Gasteiger partial charge in [0.1, 0.15) is 4.47 Å². The third kappa shape index (κ3) is 3.19. The minimum atomic E-state index is -0.0589. The summed E-state index contributed by atoms with van der Waals surface area (Å²) in [4.78, 5) is 12.0. The second-order valence-corrected chi connectivity index (χ2v) is 5.99. The molecule has 106 valence electrons. The van der Waals surface area contributed by atoms with Gasteiger partial charge in [-0.3, -0.25) is 4.79 Å². The third-order valence-electron chi connectivity index (χ3n) is 4.06. The number of aryl methyl sites for hydroxylation is 1. The largest absolute Gasteiger partial charge is 0.380 e. The quantitative estimate of drug-likeness (QED) is 0.921. The zero-order chi connectivity index (χ0) is 13.8. The first-order chi connectivity index (χ1) is 9.17. The fraction of sp³-hybridized carbons (Fsp3) is 0.714. The number of rotatable bonds is 4. The summed E-state index contributed by atoms with van der Waals surface area (Å²) in [6, 6.07) is 0.466. The van der Waals surface area contributed by atoms with E-state index in [4.69, 9.17) is 0 Å². The maximum atomic E-state index is 12.0. The molecule has 1 aromatic rings. The molecule has 1 fully saturated rings. The van der Waals surface area contributed by atoms with E-state index in [2.05, 4.69) is 33.3 Å². The Morgan fingerprint density at radius 1 is 1.42 bits per heavy atom. The molecule has 2 rings (SSSR count). The molecule has 0 amide bonds. The Kier molecular flexibility index (Phi) is 5.02. The first kappa shape index (κ1) is 14.6. The Balaban J connectivity index is 2.19. The Morgan fingerprint density at radius 3 is 2.84 bits per heavy atom. The van der Waals surface area contributed by atoms with Crippen LogP contribution >= 0.6 is 15.9 Å². The second-order valence-electron chi connectivity index (χ2n) is 5.20. The molecule has 2 unspecified atom stereocenters. The summed E-state index contributed by atoms with van der Waals surface area (Å²) in [7, 11) is 0. The van der Waals surface area contributed by atoms with Gasteiger partial charge in [0, 0.05) is 12.6 Å². The first-order valence-electron chi connectivity index (χ1n) is 7.19. The topological polar surface area (TPSA) is 46.9 Å². The number of aromatic nitrogens is 2. The molecule has 1 heterocycles. The summed E-state index contributed by atoms with van der Waals surface area (Å²) in [5, 5.41) is 7.71. The van der Waals surface area contributed by atoms with Crippen LogP contribution in [0.4, 0.5) is 5.69 Å². The lowest BCUT2D eigenvalue weighted by Crippen LogP contribution is -2.33. The Morgan fingerprint density at radius 2 is 2.16 bits per heavy atom. The molecule has 1 N–H and O–H groups in total. The van der Waals surface area contributed by atoms with Gasteiger partial charge in [-0.25, -0.2) is 4.68 Å². The van der Waals surface area contributed by atoms with Gasteiger partial charge in [0.2, 0.25) is 0 Å². The number of halogens is 1. The maximum absolute atomic E-state index is 12.0. The average Bonchev–Trinajstić information content (AvgIpc) is 2.45. The minimum absolute atomic E-state index is 0.0589. The number of nitrogens with zero attached hydrogens (tertiary/aromatic N) is 2. The highest BCUT2D eigenvalue weighted by Gasteiger charge is 2.24. The van der Waals surface area contributed by atoms with Crippen LogP contribution in [0.5, 0.6) is 0 Å². The maximum Gasteiger partial charge on any atom is 0.283 e. The van der Waals surface area contributed by atoms with Crippen LogP contribution in [0, 0.1) is 5.92 Å². The molecule has 1 saturated carbocycles. The van der Waals surface area contributed by atoms with Crippen molar-refractivity contribution in [1.82, 2.24) is 9.78 Å². The van der Waals surface area contributed by atoms with Crippen LogP contribution in [0.3, 0.4) is 0 Å². The molecule has 1 aromatic heterocycles. The van der Waals surface area contributed by atoms with Gasteiger partial charge in [-0.2, -0.15) is 5.10 Å². The van der Waals surface area contributed by atoms with Gasteiger partial charge >= 0.3 is 0 Å². The van der Waals surface area contributed by atoms with Gasteiger partial charge in [0.05, 0.1) is 11.9 Å². The summed E-state index contributed by atoms with van der Waals surface area (Å²) in [5.74, 6) is 0.703. The number of hydrogen-bond donors (Lipinski definition) is 1. The van der Waals surface area contributed by atoms with Crippen LogP contribution in [-0.2, 0) is 6.54 Å². The van der Waals surface area contributed by atoms with E-state index in [1.807, 2.05) is 6.92 Å². The van der Waals surface area contributed by atoms with Crippen molar-refractivity contribution in [2.75, 3.05) is 5.32 Å². The molecule has 4 nitrogen and oxygen atoms in total. The fourth-order valence-electron chi connectivity index (χ4n) is 2.88. The molecule has 0 radical (unpaired) electrons. The Labute approximate surface area is 122 Å². The summed E-state index contributed by atoms with van der Waals surface area (Å²) in [5.41, 5.74) is 0.774. The molecule has 5 heteroatoms. The van der Waals surface area contributed by atoms with Crippen molar-refractivity contribution >= 4 is 21.6 Å². The van der Waals surface area contributed by atoms with E-state index in [0.717, 1.165) is 5.69 Å². The highest BCUT2D eigenvalue weighted by Crippen LogP contribution is 2.30. The van der Waals surface area contributed by atoms with E-state index >= 15 is 0 Å². The normalized spacial score (nSPS) is 23.3. The first-order valence-corrected chi connectivity index (χ1v) is 7.98. The van der Waals surface area contributed by atoms with Gasteiger partial charge < -0.3 is 5.32 Å². The average molecular weight is 328 g/mol. The van der Waals surface area contributed by atoms with Crippen LogP contribution < -0.4 is 10.9 Å². The zero-order valence-corrected chi connectivity index (χ0v) is 13.2. The van der Waals surface area contributed by atoms with Gasteiger partial charge in [0.25, 0.3) is 5.56 Å². The zero-order valence-electron chi connectivity index (χ0n) is 11.7. The molecular weight excluding hydrogens is 306 g/mol. The Hall–Kier alpha value is -0.840. The van der Waals surface area contributed by atoms with Crippen molar-refractivity contribution in [2.24, 2.45) is 5.92 Å². The van der Waals surface area contributed by atoms with Crippen molar-refractivity contribution in [3.8, 4) is 0 Å². The predicted octanol–water partition coefficient (Wildman–Crippen LogP) is 3.41. The van der Waals surface area contributed by atoms with Gasteiger partial charge in [-0.15, -0.1) is 0 Å². The molecule has 0 spiro atoms. The highest BCUT2D eigenvalue weighted by molar-refractivity contribution is 9.10. The summed E-state index contributed by atoms with van der Waals surface area (Å²) in [6.45, 7) is 4.76. The highest BCUT2D eigenvalue weighted by atomic mass is 79.9. The number of hydrogen-bond acceptors (Lipinski definition) is 3. The van der Waals surface area contributed by atoms with E-state index in [0.29, 0.717) is 23.0 Å². The van der Waals surface area contributed by atoms with Crippen molar-refractivity contribution in [3.05, 3.63) is 21.0 Å². The molecule has 2 atom stereocenters. The van der Waals surface area contributed by atoms with Crippen LogP contribution in [0.1, 0.15) is 46.0 Å². The van der Waals surface area contributed by atoms with Crippen molar-refractivity contribution in [1.29, 1.82) is 0 Å². The SMILES string of the molecule is CCC1CCCCC1Nc1cnn(CC)c(=O)c1Br. The fourth-order valence-corrected chi connectivity index (χ4v) is 3.30. The lowest BCUT2D eigenvalue weighted by molar-refractivity contribution is 0.317. The molecule has 1 aliphatic carbocycles. The van der Waals surface area contributed by atoms with Crippen LogP contribution in [-0.4, -0.2) is 15.8 Å². The van der Waals surface area contributed by atoms with E-state index in [1.165, 1.54) is 36.8 Å². The summed E-state index contributed by atoms with van der Waals surface area (Å²) < 4.78 is 2.07. The molecule has 0 aliphatic heterocycles. The van der Waals surface area contributed by atoms with Gasteiger partial charge in [-0.1, -0.05) is 26.2 Å². The third-order valence-corrected chi connectivity index (χ3v) is 4.83. The van der Waals surface area contributed by atoms with Crippen molar-refractivity contribution < 1.29 is 0 Å². The molecule has 1 aliphatic rings. The van der Waals surface area contributed by atoms with Crippen LogP contribution in [0.2, 0.25) is 0 Å². The van der Waals surface area contributed by atoms with E-state index in [9.17, 15) is 4.79 Å². The molecular formula is C14H22BrN3O. The van der Waals surface area contributed by atoms with E-state index in [-0.39, 0.29) is 5.56 Å². The van der Waals surface area contributed by atoms with E-state index < -0.39 is 0 Å². The van der Waals surface area contributed by atoms with E-state index in [1.54, 1.807) is 6.20 Å². The summed E-state index contributed by atoms with van der Waals surface area (Å²) in [6.07, 6.45) is 8.01. The standard InChI is InChI=1S/C14H22BrN3O/c1-3-10-7-5-6-8-11(10)17-12-9-16-18(4-2)14(19)13(12)15/h9-11,17H,3-8H2,1-2H3. The predicted molar refractivity (Wildman–Crippen MR) is 81.5 cm³/mol. The number of anilines is 1. The van der Waals surface area contributed by atoms with Gasteiger partial charge in [0.15, 0.2) is 0 Å². The molecule has 19 heavy (non-hydrogen) atoms. The second kappa shape index (κ2) is 6.55. The van der Waals surface area contributed by atoms with Gasteiger partial charge in [-0.05, 0) is 41.6 Å². The van der Waals surface area contributed by atoms with Crippen molar-refractivity contribution in [3.63, 3.8) is 0 Å². The van der Waals surface area contributed by atoms with Crippen LogP contribution in [0.15, 0.2) is 15.5 Å². The molecule has 0 bridgehead atoms. The smallest absolute Gasteiger partial charge is 0.283 e. The summed E-state index contributed by atoms with van der Waals surface area (Å²) >= 11 is 3.40. The lowest BCUT2D eigenvalue weighted by Gasteiger charge is -2.32. The molecule has 0 aromatic carbocycles. The number of nitrogens with one attached hydrogen (secondary N) is 1. The molecule has 0 saturated heterocycles. The minimum Gasteiger partial charge on any atom is -0.380 e. The Bertz CT molecular complexity index is 486. The lowest BCUT2D eigenvalue weighted by atomic mass is 9.83. The monoisotopic (exact) mass is 327 g/mol. The van der Waals surface area contributed by atoms with Crippen LogP contribution in [0.25, 0.3) is 0 Å².